The van der Waals surface area contributed by atoms with E-state index in [1.165, 1.54) is 0 Å². The van der Waals surface area contributed by atoms with Crippen molar-refractivity contribution in [1.29, 1.82) is 0 Å². The molecule has 0 radical (unpaired) electrons. The van der Waals surface area contributed by atoms with Crippen molar-refractivity contribution >= 4 is 11.8 Å². The second kappa shape index (κ2) is 8.68. The number of aryl methyl sites for hydroxylation is 1. The smallest absolute Gasteiger partial charge is 0.237 e. The van der Waals surface area contributed by atoms with Gasteiger partial charge >= 0.3 is 0 Å². The summed E-state index contributed by atoms with van der Waals surface area (Å²) in [5.41, 5.74) is 2.18. The Morgan fingerprint density at radius 2 is 2.25 bits per heavy atom. The third-order valence-electron chi connectivity index (χ3n) is 4.24. The molecule has 0 aromatic heterocycles. The highest BCUT2D eigenvalue weighted by Crippen LogP contribution is 2.21. The van der Waals surface area contributed by atoms with Gasteiger partial charge in [-0.05, 0) is 30.5 Å². The minimum absolute atomic E-state index is 0.0712. The van der Waals surface area contributed by atoms with Crippen LogP contribution in [0.4, 0.5) is 0 Å². The van der Waals surface area contributed by atoms with Crippen molar-refractivity contribution in [1.82, 2.24) is 15.5 Å². The highest BCUT2D eigenvalue weighted by Gasteiger charge is 2.31. The lowest BCUT2D eigenvalue weighted by Gasteiger charge is -2.34. The number of methoxy groups -OCH3 is 1. The highest BCUT2D eigenvalue weighted by molar-refractivity contribution is 5.88. The van der Waals surface area contributed by atoms with Gasteiger partial charge in [-0.2, -0.15) is 0 Å². The van der Waals surface area contributed by atoms with E-state index in [4.69, 9.17) is 4.74 Å². The summed E-state index contributed by atoms with van der Waals surface area (Å²) in [6.07, 6.45) is 1.08. The molecule has 1 aromatic carbocycles. The second-order valence-corrected chi connectivity index (χ2v) is 6.14. The fraction of sp³-hybridized carbons (Fsp3) is 0.556. The molecule has 1 atom stereocenters. The van der Waals surface area contributed by atoms with Crippen molar-refractivity contribution in [2.75, 3.05) is 26.7 Å². The van der Waals surface area contributed by atoms with E-state index in [0.717, 1.165) is 29.8 Å². The zero-order valence-corrected chi connectivity index (χ0v) is 14.7. The molecule has 2 amide bonds. The molecule has 1 aliphatic rings. The molecule has 0 aliphatic carbocycles. The molecule has 24 heavy (non-hydrogen) atoms. The minimum Gasteiger partial charge on any atom is -0.496 e. The molecular weight excluding hydrogens is 306 g/mol. The Bertz CT molecular complexity index is 589. The Morgan fingerprint density at radius 1 is 1.46 bits per heavy atom. The molecule has 2 rings (SSSR count). The van der Waals surface area contributed by atoms with Crippen molar-refractivity contribution in [3.05, 3.63) is 29.3 Å². The molecule has 132 valence electrons. The van der Waals surface area contributed by atoms with Gasteiger partial charge in [-0.3, -0.25) is 14.5 Å². The fourth-order valence-corrected chi connectivity index (χ4v) is 2.96. The number of carbonyl (C=O) groups excluding carboxylic acids is 2. The number of amides is 2. The largest absolute Gasteiger partial charge is 0.496 e. The molecule has 1 unspecified atom stereocenters. The molecule has 6 nitrogen and oxygen atoms in total. The van der Waals surface area contributed by atoms with E-state index >= 15 is 0 Å². The number of benzene rings is 1. The number of nitrogens with zero attached hydrogens (tertiary/aromatic N) is 1. The van der Waals surface area contributed by atoms with Crippen molar-refractivity contribution in [3.63, 3.8) is 0 Å². The normalized spacial score (nSPS) is 18.1. The SMILES string of the molecule is CCCNC(=O)CC1C(=O)NCCN1Cc1ccc(OC)c(C)c1. The zero-order valence-electron chi connectivity index (χ0n) is 14.7. The van der Waals surface area contributed by atoms with Gasteiger partial charge in [0.2, 0.25) is 11.8 Å². The van der Waals surface area contributed by atoms with Gasteiger partial charge in [0, 0.05) is 26.2 Å². The zero-order chi connectivity index (χ0) is 17.5. The number of rotatable bonds is 7. The monoisotopic (exact) mass is 333 g/mol. The van der Waals surface area contributed by atoms with Crippen LogP contribution >= 0.6 is 0 Å². The van der Waals surface area contributed by atoms with Crippen LogP contribution < -0.4 is 15.4 Å². The van der Waals surface area contributed by atoms with E-state index in [2.05, 4.69) is 21.6 Å². The van der Waals surface area contributed by atoms with E-state index in [0.29, 0.717) is 19.6 Å². The quantitative estimate of drug-likeness (QED) is 0.787. The molecule has 1 saturated heterocycles. The van der Waals surface area contributed by atoms with Gasteiger partial charge in [0.15, 0.2) is 0 Å². The van der Waals surface area contributed by atoms with Crippen LogP contribution in [0, 0.1) is 6.92 Å². The topological polar surface area (TPSA) is 70.7 Å². The van der Waals surface area contributed by atoms with E-state index in [1.54, 1.807) is 7.11 Å². The molecule has 2 N–H and O–H groups in total. The van der Waals surface area contributed by atoms with Crippen LogP contribution in [0.5, 0.6) is 5.75 Å². The standard InChI is InChI=1S/C18H27N3O3/c1-4-7-19-17(22)11-15-18(23)20-8-9-21(15)12-14-5-6-16(24-3)13(2)10-14/h5-6,10,15H,4,7-9,11-12H2,1-3H3,(H,19,22)(H,20,23). The van der Waals surface area contributed by atoms with Gasteiger partial charge in [0.05, 0.1) is 19.6 Å². The lowest BCUT2D eigenvalue weighted by Crippen LogP contribution is -2.56. The predicted molar refractivity (Wildman–Crippen MR) is 92.9 cm³/mol. The maximum absolute atomic E-state index is 12.2. The van der Waals surface area contributed by atoms with Gasteiger partial charge in [-0.25, -0.2) is 0 Å². The second-order valence-electron chi connectivity index (χ2n) is 6.14. The first-order chi connectivity index (χ1) is 11.5. The third kappa shape index (κ3) is 4.71. The van der Waals surface area contributed by atoms with Crippen molar-refractivity contribution in [3.8, 4) is 5.75 Å². The van der Waals surface area contributed by atoms with Gasteiger partial charge in [-0.1, -0.05) is 19.1 Å². The molecule has 1 heterocycles. The Balaban J connectivity index is 2.06. The predicted octanol–water partition coefficient (Wildman–Crippen LogP) is 1.22. The molecular formula is C18H27N3O3. The Morgan fingerprint density at radius 3 is 2.92 bits per heavy atom. The molecule has 0 spiro atoms. The summed E-state index contributed by atoms with van der Waals surface area (Å²) in [6, 6.07) is 5.60. The number of ether oxygens (including phenoxy) is 1. The Labute approximate surface area is 143 Å². The van der Waals surface area contributed by atoms with Crippen LogP contribution in [-0.4, -0.2) is 49.5 Å². The van der Waals surface area contributed by atoms with E-state index < -0.39 is 6.04 Å². The summed E-state index contributed by atoms with van der Waals surface area (Å²) < 4.78 is 5.29. The lowest BCUT2D eigenvalue weighted by molar-refractivity contribution is -0.134. The summed E-state index contributed by atoms with van der Waals surface area (Å²) >= 11 is 0. The first-order valence-corrected chi connectivity index (χ1v) is 8.47. The summed E-state index contributed by atoms with van der Waals surface area (Å²) in [4.78, 5) is 26.3. The molecule has 0 saturated carbocycles. The van der Waals surface area contributed by atoms with Gasteiger partial charge < -0.3 is 15.4 Å². The Hall–Kier alpha value is -2.08. The summed E-state index contributed by atoms with van der Waals surface area (Å²) in [6.45, 7) is 6.64. The molecule has 1 fully saturated rings. The van der Waals surface area contributed by atoms with Crippen LogP contribution in [0.25, 0.3) is 0 Å². The number of carbonyl (C=O) groups is 2. The van der Waals surface area contributed by atoms with Crippen LogP contribution in [0.2, 0.25) is 0 Å². The first-order valence-electron chi connectivity index (χ1n) is 8.47. The highest BCUT2D eigenvalue weighted by atomic mass is 16.5. The Kier molecular flexibility index (Phi) is 6.61. The van der Waals surface area contributed by atoms with Crippen LogP contribution in [0.3, 0.4) is 0 Å². The summed E-state index contributed by atoms with van der Waals surface area (Å²) in [5, 5.41) is 5.70. The van der Waals surface area contributed by atoms with E-state index in [-0.39, 0.29) is 18.2 Å². The summed E-state index contributed by atoms with van der Waals surface area (Å²) in [7, 11) is 1.65. The minimum atomic E-state index is -0.419. The van der Waals surface area contributed by atoms with Gasteiger partial charge in [0.25, 0.3) is 0 Å². The van der Waals surface area contributed by atoms with E-state index in [9.17, 15) is 9.59 Å². The number of hydrogen-bond donors (Lipinski definition) is 2. The summed E-state index contributed by atoms with van der Waals surface area (Å²) in [5.74, 6) is 0.707. The van der Waals surface area contributed by atoms with Gasteiger partial charge in [0.1, 0.15) is 5.75 Å². The molecule has 1 aromatic rings. The van der Waals surface area contributed by atoms with Crippen molar-refractivity contribution in [2.45, 2.75) is 39.3 Å². The molecule has 6 heteroatoms. The van der Waals surface area contributed by atoms with Crippen LogP contribution in [-0.2, 0) is 16.1 Å². The maximum Gasteiger partial charge on any atom is 0.237 e. The molecule has 1 aliphatic heterocycles. The average molecular weight is 333 g/mol. The molecule has 0 bridgehead atoms. The van der Waals surface area contributed by atoms with E-state index in [1.807, 2.05) is 26.0 Å². The lowest BCUT2D eigenvalue weighted by atomic mass is 10.1. The van der Waals surface area contributed by atoms with Crippen molar-refractivity contribution < 1.29 is 14.3 Å². The third-order valence-corrected chi connectivity index (χ3v) is 4.24. The van der Waals surface area contributed by atoms with Crippen molar-refractivity contribution in [2.24, 2.45) is 0 Å². The van der Waals surface area contributed by atoms with Crippen LogP contribution in [0.15, 0.2) is 18.2 Å². The first kappa shape index (κ1) is 18.3. The van der Waals surface area contributed by atoms with Crippen LogP contribution in [0.1, 0.15) is 30.9 Å². The fourth-order valence-electron chi connectivity index (χ4n) is 2.96. The number of piperazine rings is 1. The maximum atomic E-state index is 12.2. The number of hydrogen-bond acceptors (Lipinski definition) is 4. The average Bonchev–Trinajstić information content (AvgIpc) is 2.56. The number of nitrogens with one attached hydrogen (secondary N) is 2. The van der Waals surface area contributed by atoms with Gasteiger partial charge in [-0.15, -0.1) is 0 Å².